The molecule has 0 saturated carbocycles. The van der Waals surface area contributed by atoms with Crippen molar-refractivity contribution in [1.82, 2.24) is 10.2 Å². The Labute approximate surface area is 142 Å². The van der Waals surface area contributed by atoms with E-state index in [9.17, 15) is 4.79 Å². The molecule has 3 aliphatic heterocycles. The van der Waals surface area contributed by atoms with Gasteiger partial charge in [-0.15, -0.1) is 0 Å². The maximum atomic E-state index is 12.9. The number of para-hydroxylation sites is 1. The van der Waals surface area contributed by atoms with Crippen LogP contribution in [0.2, 0.25) is 0 Å². The zero-order valence-corrected chi connectivity index (χ0v) is 14.2. The van der Waals surface area contributed by atoms with Gasteiger partial charge < -0.3 is 19.7 Å². The number of likely N-dealkylation sites (N-methyl/N-ethyl adjacent to an activating group) is 1. The summed E-state index contributed by atoms with van der Waals surface area (Å²) in [7, 11) is 3.56. The third-order valence-electron chi connectivity index (χ3n) is 5.52. The van der Waals surface area contributed by atoms with Gasteiger partial charge in [0, 0.05) is 30.7 Å². The number of hydrogen-bond acceptors (Lipinski definition) is 4. The van der Waals surface area contributed by atoms with Gasteiger partial charge in [-0.1, -0.05) is 12.1 Å². The van der Waals surface area contributed by atoms with E-state index in [1.54, 1.807) is 7.11 Å². The van der Waals surface area contributed by atoms with Crippen LogP contribution in [-0.4, -0.2) is 49.7 Å². The van der Waals surface area contributed by atoms with Gasteiger partial charge in [0.05, 0.1) is 12.7 Å². The van der Waals surface area contributed by atoms with Crippen molar-refractivity contribution in [3.8, 4) is 11.5 Å². The lowest BCUT2D eigenvalue weighted by molar-refractivity contribution is -0.128. The molecule has 2 fully saturated rings. The van der Waals surface area contributed by atoms with Gasteiger partial charge in [0.15, 0.2) is 11.5 Å². The Kier molecular flexibility index (Phi) is 3.96. The van der Waals surface area contributed by atoms with Crippen LogP contribution < -0.4 is 14.8 Å². The van der Waals surface area contributed by atoms with Crippen molar-refractivity contribution in [2.24, 2.45) is 0 Å². The average Bonchev–Trinajstić information content (AvgIpc) is 2.97. The van der Waals surface area contributed by atoms with Gasteiger partial charge in [0.25, 0.3) is 5.91 Å². The van der Waals surface area contributed by atoms with Crippen LogP contribution in [0, 0.1) is 0 Å². The second-order valence-electron chi connectivity index (χ2n) is 7.02. The first kappa shape index (κ1) is 15.5. The molecule has 0 aromatic heterocycles. The Hall–Kier alpha value is -2.01. The van der Waals surface area contributed by atoms with Gasteiger partial charge in [-0.2, -0.15) is 0 Å². The number of rotatable bonds is 3. The number of carbonyl (C=O) groups excluding carboxylic acids is 1. The fraction of sp³-hybridized carbons (Fsp3) is 0.526. The molecule has 5 heteroatoms. The molecule has 0 radical (unpaired) electrons. The summed E-state index contributed by atoms with van der Waals surface area (Å²) in [6.45, 7) is 0.300. The first-order valence-electron chi connectivity index (χ1n) is 8.69. The molecule has 1 aromatic carbocycles. The zero-order chi connectivity index (χ0) is 16.7. The molecule has 2 atom stereocenters. The van der Waals surface area contributed by atoms with Crippen LogP contribution in [0.4, 0.5) is 0 Å². The normalized spacial score (nSPS) is 27.8. The van der Waals surface area contributed by atoms with E-state index in [0.717, 1.165) is 24.2 Å². The Morgan fingerprint density at radius 2 is 2.04 bits per heavy atom. The zero-order valence-electron chi connectivity index (χ0n) is 14.2. The lowest BCUT2D eigenvalue weighted by Gasteiger charge is -2.36. The van der Waals surface area contributed by atoms with Crippen LogP contribution in [-0.2, 0) is 4.79 Å². The number of piperidine rings is 1. The average molecular weight is 328 g/mol. The Morgan fingerprint density at radius 3 is 2.75 bits per heavy atom. The first-order valence-corrected chi connectivity index (χ1v) is 8.69. The number of carbonyl (C=O) groups is 1. The Bertz CT molecular complexity index is 673. The lowest BCUT2D eigenvalue weighted by Crippen LogP contribution is -2.49. The van der Waals surface area contributed by atoms with E-state index in [2.05, 4.69) is 5.32 Å². The summed E-state index contributed by atoms with van der Waals surface area (Å²) in [4.78, 5) is 14.8. The van der Waals surface area contributed by atoms with Crippen molar-refractivity contribution in [3.05, 3.63) is 29.3 Å². The minimum atomic E-state index is 0.0785. The largest absolute Gasteiger partial charge is 0.493 e. The highest BCUT2D eigenvalue weighted by Gasteiger charge is 2.37. The fourth-order valence-electron chi connectivity index (χ4n) is 4.20. The SMILES string of the molecule is COc1cccc2c1OCC(C(=O)N(C)C1CC3CCC(C1)N3)=C2. The summed E-state index contributed by atoms with van der Waals surface area (Å²) in [5.41, 5.74) is 1.62. The molecule has 3 heterocycles. The lowest BCUT2D eigenvalue weighted by atomic mass is 9.97. The van der Waals surface area contributed by atoms with Gasteiger partial charge >= 0.3 is 0 Å². The molecule has 1 amide bonds. The van der Waals surface area contributed by atoms with Gasteiger partial charge in [-0.05, 0) is 37.8 Å². The summed E-state index contributed by atoms with van der Waals surface area (Å²) in [6, 6.07) is 7.21. The molecule has 3 aliphatic rings. The maximum absolute atomic E-state index is 12.9. The third kappa shape index (κ3) is 2.67. The predicted octanol–water partition coefficient (Wildman–Crippen LogP) is 2.21. The van der Waals surface area contributed by atoms with E-state index in [1.165, 1.54) is 12.8 Å². The van der Waals surface area contributed by atoms with Gasteiger partial charge in [0.2, 0.25) is 0 Å². The van der Waals surface area contributed by atoms with E-state index in [4.69, 9.17) is 9.47 Å². The van der Waals surface area contributed by atoms with Gasteiger partial charge in [-0.25, -0.2) is 0 Å². The number of ether oxygens (including phenoxy) is 2. The van der Waals surface area contributed by atoms with Crippen LogP contribution in [0.25, 0.3) is 6.08 Å². The number of hydrogen-bond donors (Lipinski definition) is 1. The number of amides is 1. The quantitative estimate of drug-likeness (QED) is 0.924. The minimum Gasteiger partial charge on any atom is -0.493 e. The molecule has 5 nitrogen and oxygen atoms in total. The van der Waals surface area contributed by atoms with Crippen LogP contribution in [0.1, 0.15) is 31.2 Å². The third-order valence-corrected chi connectivity index (χ3v) is 5.52. The number of methoxy groups -OCH3 is 1. The van der Waals surface area contributed by atoms with E-state index in [0.29, 0.717) is 36.1 Å². The second-order valence-corrected chi connectivity index (χ2v) is 7.02. The van der Waals surface area contributed by atoms with Crippen molar-refractivity contribution in [1.29, 1.82) is 0 Å². The Balaban J connectivity index is 1.53. The van der Waals surface area contributed by atoms with Crippen LogP contribution in [0.5, 0.6) is 11.5 Å². The van der Waals surface area contributed by atoms with Crippen LogP contribution >= 0.6 is 0 Å². The maximum Gasteiger partial charge on any atom is 0.253 e. The van der Waals surface area contributed by atoms with E-state index >= 15 is 0 Å². The highest BCUT2D eigenvalue weighted by Crippen LogP contribution is 2.36. The second kappa shape index (κ2) is 6.13. The molecule has 2 saturated heterocycles. The molecule has 4 rings (SSSR count). The monoisotopic (exact) mass is 328 g/mol. The molecular weight excluding hydrogens is 304 g/mol. The number of benzene rings is 1. The van der Waals surface area contributed by atoms with Crippen molar-refractivity contribution < 1.29 is 14.3 Å². The fourth-order valence-corrected chi connectivity index (χ4v) is 4.20. The molecule has 0 spiro atoms. The summed E-state index contributed by atoms with van der Waals surface area (Å²) in [5, 5.41) is 3.63. The number of nitrogens with zero attached hydrogens (tertiary/aromatic N) is 1. The molecule has 2 bridgehead atoms. The van der Waals surface area contributed by atoms with Crippen molar-refractivity contribution in [2.45, 2.75) is 43.8 Å². The summed E-state index contributed by atoms with van der Waals surface area (Å²) in [6.07, 6.45) is 6.52. The molecule has 24 heavy (non-hydrogen) atoms. The van der Waals surface area contributed by atoms with Crippen LogP contribution in [0.15, 0.2) is 23.8 Å². The van der Waals surface area contributed by atoms with Crippen molar-refractivity contribution >= 4 is 12.0 Å². The topological polar surface area (TPSA) is 50.8 Å². The molecule has 2 unspecified atom stereocenters. The molecule has 1 aromatic rings. The predicted molar refractivity (Wildman–Crippen MR) is 92.2 cm³/mol. The van der Waals surface area contributed by atoms with Gasteiger partial charge in [0.1, 0.15) is 6.61 Å². The van der Waals surface area contributed by atoms with Crippen molar-refractivity contribution in [2.75, 3.05) is 20.8 Å². The number of nitrogens with one attached hydrogen (secondary N) is 1. The Morgan fingerprint density at radius 1 is 1.29 bits per heavy atom. The van der Waals surface area contributed by atoms with E-state index < -0.39 is 0 Å². The minimum absolute atomic E-state index is 0.0785. The van der Waals surface area contributed by atoms with Crippen LogP contribution in [0.3, 0.4) is 0 Å². The standard InChI is InChI=1S/C19H24N2O3/c1-21(16-9-14-6-7-15(10-16)20-14)19(22)13-8-12-4-3-5-17(23-2)18(12)24-11-13/h3-5,8,14-16,20H,6-7,9-11H2,1-2H3. The molecule has 128 valence electrons. The van der Waals surface area contributed by atoms with Gasteiger partial charge in [-0.3, -0.25) is 4.79 Å². The highest BCUT2D eigenvalue weighted by molar-refractivity contribution is 5.99. The summed E-state index contributed by atoms with van der Waals surface area (Å²) < 4.78 is 11.1. The van der Waals surface area contributed by atoms with E-state index in [1.807, 2.05) is 36.2 Å². The first-order chi connectivity index (χ1) is 11.7. The molecular formula is C19H24N2O3. The molecule has 0 aliphatic carbocycles. The molecule has 1 N–H and O–H groups in total. The van der Waals surface area contributed by atoms with Crippen molar-refractivity contribution in [3.63, 3.8) is 0 Å². The summed E-state index contributed by atoms with van der Waals surface area (Å²) >= 11 is 0. The highest BCUT2D eigenvalue weighted by atomic mass is 16.5. The van der Waals surface area contributed by atoms with E-state index in [-0.39, 0.29) is 5.91 Å². The smallest absolute Gasteiger partial charge is 0.253 e. The summed E-state index contributed by atoms with van der Waals surface area (Å²) in [5.74, 6) is 1.51. The number of fused-ring (bicyclic) bond motifs is 3.